The number of carboxylic acid groups (broad SMARTS) is 1. The largest absolute Gasteiger partial charge is 0.497 e. The van der Waals surface area contributed by atoms with Gasteiger partial charge < -0.3 is 19.9 Å². The van der Waals surface area contributed by atoms with Crippen molar-refractivity contribution in [2.45, 2.75) is 6.54 Å². The third kappa shape index (κ3) is 3.95. The van der Waals surface area contributed by atoms with Gasteiger partial charge >= 0.3 is 5.97 Å². The molecule has 0 saturated heterocycles. The van der Waals surface area contributed by atoms with Crippen molar-refractivity contribution in [2.24, 2.45) is 0 Å². The molecule has 10 heteroatoms. The zero-order chi connectivity index (χ0) is 22.0. The maximum atomic E-state index is 11.3. The van der Waals surface area contributed by atoms with E-state index in [4.69, 9.17) is 21.1 Å². The zero-order valence-corrected chi connectivity index (χ0v) is 17.4. The average molecular weight is 440 g/mol. The highest BCUT2D eigenvalue weighted by Gasteiger charge is 2.16. The van der Waals surface area contributed by atoms with Crippen LogP contribution in [0, 0.1) is 0 Å². The van der Waals surface area contributed by atoms with Gasteiger partial charge in [-0.2, -0.15) is 0 Å². The quantitative estimate of drug-likeness (QED) is 0.447. The van der Waals surface area contributed by atoms with Gasteiger partial charge in [-0.15, -0.1) is 0 Å². The number of nitrogens with one attached hydrogen (secondary N) is 1. The third-order valence-electron chi connectivity index (χ3n) is 4.73. The van der Waals surface area contributed by atoms with E-state index in [9.17, 15) is 9.90 Å². The molecule has 4 rings (SSSR count). The predicted octanol–water partition coefficient (Wildman–Crippen LogP) is 3.80. The summed E-state index contributed by atoms with van der Waals surface area (Å²) in [6, 6.07) is 7.06. The van der Waals surface area contributed by atoms with Crippen LogP contribution in [0.25, 0.3) is 16.7 Å². The Morgan fingerprint density at radius 3 is 2.77 bits per heavy atom. The van der Waals surface area contributed by atoms with Crippen LogP contribution in [0.4, 0.5) is 5.82 Å². The Bertz CT molecular complexity index is 1270. The number of halogens is 1. The fraction of sp³-hybridized carbons (Fsp3) is 0.143. The summed E-state index contributed by atoms with van der Waals surface area (Å²) in [5.74, 6) is 0.844. The molecular formula is C21H18ClN5O4. The van der Waals surface area contributed by atoms with Crippen molar-refractivity contribution in [1.82, 2.24) is 19.5 Å². The lowest BCUT2D eigenvalue weighted by atomic mass is 10.2. The lowest BCUT2D eigenvalue weighted by Crippen LogP contribution is -2.05. The number of carboxylic acids is 1. The molecule has 31 heavy (non-hydrogen) atoms. The number of rotatable bonds is 7. The van der Waals surface area contributed by atoms with Gasteiger partial charge in [0.2, 0.25) is 0 Å². The third-order valence-corrected chi connectivity index (χ3v) is 5.01. The maximum absolute atomic E-state index is 11.3. The first kappa shape index (κ1) is 20.4. The van der Waals surface area contributed by atoms with Gasteiger partial charge in [0.05, 0.1) is 42.1 Å². The number of carbonyl (C=O) groups is 1. The topological polar surface area (TPSA) is 111 Å². The molecule has 0 aliphatic rings. The highest BCUT2D eigenvalue weighted by molar-refractivity contribution is 6.36. The van der Waals surface area contributed by atoms with Crippen LogP contribution in [0.15, 0.2) is 49.2 Å². The molecule has 3 heterocycles. The second kappa shape index (κ2) is 8.49. The van der Waals surface area contributed by atoms with Gasteiger partial charge in [-0.1, -0.05) is 11.6 Å². The summed E-state index contributed by atoms with van der Waals surface area (Å²) < 4.78 is 12.4. The molecule has 0 aliphatic heterocycles. The van der Waals surface area contributed by atoms with Crippen molar-refractivity contribution < 1.29 is 19.4 Å². The van der Waals surface area contributed by atoms with E-state index in [1.54, 1.807) is 37.2 Å². The summed E-state index contributed by atoms with van der Waals surface area (Å²) in [6.07, 6.45) is 5.89. The number of benzene rings is 1. The molecule has 1 aromatic carbocycles. The van der Waals surface area contributed by atoms with E-state index in [0.717, 1.165) is 5.56 Å². The van der Waals surface area contributed by atoms with Gasteiger partial charge in [0.1, 0.15) is 23.6 Å². The molecule has 0 unspecified atom stereocenters. The van der Waals surface area contributed by atoms with Crippen LogP contribution in [0.1, 0.15) is 15.9 Å². The van der Waals surface area contributed by atoms with Gasteiger partial charge in [0.25, 0.3) is 0 Å². The molecule has 4 aromatic rings. The number of ether oxygens (including phenoxy) is 2. The zero-order valence-electron chi connectivity index (χ0n) is 16.7. The molecular weight excluding hydrogens is 422 g/mol. The lowest BCUT2D eigenvalue weighted by molar-refractivity contribution is 0.0696. The fourth-order valence-electron chi connectivity index (χ4n) is 3.20. The Kier molecular flexibility index (Phi) is 5.59. The van der Waals surface area contributed by atoms with E-state index in [1.807, 2.05) is 12.1 Å². The number of fused-ring (bicyclic) bond motifs is 1. The summed E-state index contributed by atoms with van der Waals surface area (Å²) in [7, 11) is 3.19. The van der Waals surface area contributed by atoms with Gasteiger partial charge in [-0.3, -0.25) is 9.55 Å². The van der Waals surface area contributed by atoms with E-state index >= 15 is 0 Å². The van der Waals surface area contributed by atoms with E-state index in [0.29, 0.717) is 45.6 Å². The highest BCUT2D eigenvalue weighted by Crippen LogP contribution is 2.32. The number of hydrogen-bond acceptors (Lipinski definition) is 7. The second-order valence-corrected chi connectivity index (χ2v) is 6.94. The highest BCUT2D eigenvalue weighted by atomic mass is 35.5. The number of methoxy groups -OCH3 is 2. The van der Waals surface area contributed by atoms with Gasteiger partial charge in [-0.05, 0) is 18.2 Å². The van der Waals surface area contributed by atoms with E-state index in [1.165, 1.54) is 18.6 Å². The number of hydrogen-bond donors (Lipinski definition) is 2. The average Bonchev–Trinajstić information content (AvgIpc) is 3.14. The molecule has 0 fully saturated rings. The molecule has 0 bridgehead atoms. The minimum atomic E-state index is -1.07. The van der Waals surface area contributed by atoms with Crippen LogP contribution in [-0.4, -0.2) is 44.8 Å². The molecule has 9 nitrogen and oxygen atoms in total. The van der Waals surface area contributed by atoms with E-state index in [-0.39, 0.29) is 5.56 Å². The molecule has 0 amide bonds. The van der Waals surface area contributed by atoms with Crippen LogP contribution in [0.3, 0.4) is 0 Å². The number of nitrogens with zero attached hydrogens (tertiary/aromatic N) is 4. The Labute approximate surface area is 182 Å². The summed E-state index contributed by atoms with van der Waals surface area (Å²) in [5, 5.41) is 13.5. The molecule has 0 saturated carbocycles. The standard InChI is InChI=1S/C21H18ClN5O4/c1-30-15-4-3-12(17(6-15)31-2)8-24-19-18-16(22)10-27(20(18)26-11-25-19)14-5-13(21(28)29)7-23-9-14/h3-7,9-11H,8H2,1-2H3,(H,28,29)(H,24,25,26). The first-order valence-corrected chi connectivity index (χ1v) is 9.54. The monoisotopic (exact) mass is 439 g/mol. The van der Waals surface area contributed by atoms with Crippen LogP contribution in [-0.2, 0) is 6.54 Å². The van der Waals surface area contributed by atoms with Crippen molar-refractivity contribution in [3.8, 4) is 17.2 Å². The number of pyridine rings is 1. The summed E-state index contributed by atoms with van der Waals surface area (Å²) >= 11 is 6.50. The van der Waals surface area contributed by atoms with Gasteiger partial charge in [0.15, 0.2) is 5.65 Å². The summed E-state index contributed by atoms with van der Waals surface area (Å²) in [4.78, 5) is 24.0. The van der Waals surface area contributed by atoms with Crippen LogP contribution in [0.2, 0.25) is 5.02 Å². The molecule has 3 aromatic heterocycles. The molecule has 0 radical (unpaired) electrons. The minimum Gasteiger partial charge on any atom is -0.497 e. The maximum Gasteiger partial charge on any atom is 0.337 e. The lowest BCUT2D eigenvalue weighted by Gasteiger charge is -2.12. The Morgan fingerprint density at radius 1 is 1.19 bits per heavy atom. The smallest absolute Gasteiger partial charge is 0.337 e. The molecule has 158 valence electrons. The number of anilines is 1. The van der Waals surface area contributed by atoms with Gasteiger partial charge in [0, 0.05) is 30.6 Å². The summed E-state index contributed by atoms with van der Waals surface area (Å²) in [5.41, 5.74) is 2.02. The molecule has 0 aliphatic carbocycles. The first-order chi connectivity index (χ1) is 15.0. The van der Waals surface area contributed by atoms with Crippen LogP contribution < -0.4 is 14.8 Å². The Hall–Kier alpha value is -3.85. The van der Waals surface area contributed by atoms with Crippen molar-refractivity contribution in [1.29, 1.82) is 0 Å². The van der Waals surface area contributed by atoms with Crippen molar-refractivity contribution in [2.75, 3.05) is 19.5 Å². The van der Waals surface area contributed by atoms with Crippen molar-refractivity contribution >= 4 is 34.4 Å². The Morgan fingerprint density at radius 2 is 2.03 bits per heavy atom. The number of aromatic nitrogens is 4. The molecule has 2 N–H and O–H groups in total. The minimum absolute atomic E-state index is 0.0643. The molecule has 0 spiro atoms. The predicted molar refractivity (Wildman–Crippen MR) is 116 cm³/mol. The van der Waals surface area contributed by atoms with Crippen molar-refractivity contribution in [3.05, 3.63) is 65.3 Å². The van der Waals surface area contributed by atoms with Crippen molar-refractivity contribution in [3.63, 3.8) is 0 Å². The SMILES string of the molecule is COc1ccc(CNc2ncnc3c2c(Cl)cn3-c2cncc(C(=O)O)c2)c(OC)c1. The van der Waals surface area contributed by atoms with Crippen LogP contribution in [0.5, 0.6) is 11.5 Å². The Balaban J connectivity index is 1.70. The van der Waals surface area contributed by atoms with Gasteiger partial charge in [-0.25, -0.2) is 14.8 Å². The van der Waals surface area contributed by atoms with E-state index < -0.39 is 5.97 Å². The van der Waals surface area contributed by atoms with E-state index in [2.05, 4.69) is 20.3 Å². The fourth-order valence-corrected chi connectivity index (χ4v) is 3.47. The first-order valence-electron chi connectivity index (χ1n) is 9.17. The van der Waals surface area contributed by atoms with Crippen LogP contribution >= 0.6 is 11.6 Å². The number of aromatic carboxylic acids is 1. The summed E-state index contributed by atoms with van der Waals surface area (Å²) in [6.45, 7) is 0.427. The molecule has 0 atom stereocenters. The normalized spacial score (nSPS) is 10.8. The second-order valence-electron chi connectivity index (χ2n) is 6.54.